The number of anilines is 1. The minimum Gasteiger partial charge on any atom is -0.493 e. The first-order valence-corrected chi connectivity index (χ1v) is 9.86. The minimum atomic E-state index is -0.584. The maximum absolute atomic E-state index is 12.4. The summed E-state index contributed by atoms with van der Waals surface area (Å²) in [5, 5.41) is 7.84. The van der Waals surface area contributed by atoms with E-state index in [9.17, 15) is 4.79 Å². The van der Waals surface area contributed by atoms with Gasteiger partial charge in [0, 0.05) is 11.3 Å². The second kappa shape index (κ2) is 7.49. The first-order chi connectivity index (χ1) is 15.5. The van der Waals surface area contributed by atoms with Crippen LogP contribution in [0.3, 0.4) is 0 Å². The third-order valence-electron chi connectivity index (χ3n) is 5.47. The monoisotopic (exact) mass is 435 g/mol. The standard InChI is InChI=1S/C22H21N5O5/c1-11-18(20(23)28)19(12-4-7-15-17(8-12)32-10-31-15)27-22(24-11)25-21(26-27)13-5-6-14(29-2)16(9-13)30-3/h4-9,19H,10H2,1-3H3,(H2,23,28)(H,24,25,26). The van der Waals surface area contributed by atoms with Crippen LogP contribution >= 0.6 is 0 Å². The average molecular weight is 435 g/mol. The van der Waals surface area contributed by atoms with Crippen LogP contribution in [0.15, 0.2) is 47.7 Å². The molecule has 164 valence electrons. The van der Waals surface area contributed by atoms with Gasteiger partial charge >= 0.3 is 0 Å². The van der Waals surface area contributed by atoms with Gasteiger partial charge in [-0.05, 0) is 42.8 Å². The van der Waals surface area contributed by atoms with Crippen molar-refractivity contribution in [3.05, 3.63) is 53.2 Å². The normalized spacial score (nSPS) is 16.4. The molecule has 0 aliphatic carbocycles. The number of primary amides is 1. The van der Waals surface area contributed by atoms with E-state index in [4.69, 9.17) is 29.8 Å². The lowest BCUT2D eigenvalue weighted by Crippen LogP contribution is -2.31. The van der Waals surface area contributed by atoms with E-state index in [1.807, 2.05) is 18.2 Å². The molecule has 2 aliphatic rings. The number of aromatic nitrogens is 3. The van der Waals surface area contributed by atoms with Crippen LogP contribution in [0.25, 0.3) is 11.4 Å². The third-order valence-corrected chi connectivity index (χ3v) is 5.47. The molecule has 1 unspecified atom stereocenters. The van der Waals surface area contributed by atoms with Crippen LogP contribution in [0.5, 0.6) is 23.0 Å². The number of rotatable bonds is 5. The lowest BCUT2D eigenvalue weighted by atomic mass is 9.95. The number of nitrogens with one attached hydrogen (secondary N) is 1. The van der Waals surface area contributed by atoms with Gasteiger partial charge in [0.2, 0.25) is 18.6 Å². The van der Waals surface area contributed by atoms with E-state index in [-0.39, 0.29) is 6.79 Å². The highest BCUT2D eigenvalue weighted by Crippen LogP contribution is 2.41. The molecule has 10 heteroatoms. The molecule has 5 rings (SSSR count). The molecule has 3 aromatic rings. The van der Waals surface area contributed by atoms with Crippen LogP contribution in [-0.4, -0.2) is 41.7 Å². The Bertz CT molecular complexity index is 1270. The maximum Gasteiger partial charge on any atom is 0.248 e. The molecule has 0 spiro atoms. The van der Waals surface area contributed by atoms with Crippen molar-refractivity contribution in [2.45, 2.75) is 13.0 Å². The van der Waals surface area contributed by atoms with E-state index in [2.05, 4.69) is 10.3 Å². The summed E-state index contributed by atoms with van der Waals surface area (Å²) in [5.74, 6) is 2.80. The van der Waals surface area contributed by atoms with E-state index < -0.39 is 11.9 Å². The zero-order valence-electron chi connectivity index (χ0n) is 17.7. The summed E-state index contributed by atoms with van der Waals surface area (Å²) in [6.45, 7) is 1.94. The summed E-state index contributed by atoms with van der Waals surface area (Å²) < 4.78 is 23.3. The number of methoxy groups -OCH3 is 2. The molecule has 1 aromatic heterocycles. The molecule has 1 atom stereocenters. The molecule has 0 saturated heterocycles. The molecule has 0 radical (unpaired) electrons. The number of carbonyl (C=O) groups excluding carboxylic acids is 1. The Labute approximate surface area is 183 Å². The Morgan fingerprint density at radius 1 is 1.12 bits per heavy atom. The molecular weight excluding hydrogens is 414 g/mol. The summed E-state index contributed by atoms with van der Waals surface area (Å²) in [5.41, 5.74) is 8.26. The van der Waals surface area contributed by atoms with Gasteiger partial charge in [-0.1, -0.05) is 6.07 Å². The average Bonchev–Trinajstić information content (AvgIpc) is 3.43. The Hall–Kier alpha value is -4.21. The van der Waals surface area contributed by atoms with E-state index in [0.29, 0.717) is 46.0 Å². The molecule has 32 heavy (non-hydrogen) atoms. The molecule has 3 heterocycles. The van der Waals surface area contributed by atoms with Crippen molar-refractivity contribution < 1.29 is 23.7 Å². The lowest BCUT2D eigenvalue weighted by molar-refractivity contribution is -0.115. The fourth-order valence-corrected chi connectivity index (χ4v) is 3.96. The summed E-state index contributed by atoms with van der Waals surface area (Å²) in [4.78, 5) is 17.0. The highest BCUT2D eigenvalue weighted by molar-refractivity contribution is 5.95. The molecule has 2 aliphatic heterocycles. The molecular formula is C22H21N5O5. The van der Waals surface area contributed by atoms with Crippen molar-refractivity contribution in [1.29, 1.82) is 0 Å². The van der Waals surface area contributed by atoms with Crippen molar-refractivity contribution in [2.75, 3.05) is 26.3 Å². The summed E-state index contributed by atoms with van der Waals surface area (Å²) >= 11 is 0. The van der Waals surface area contributed by atoms with Gasteiger partial charge in [-0.3, -0.25) is 4.79 Å². The molecule has 3 N–H and O–H groups in total. The number of hydrogen-bond acceptors (Lipinski definition) is 8. The summed E-state index contributed by atoms with van der Waals surface area (Å²) in [6.07, 6.45) is 0. The van der Waals surface area contributed by atoms with Gasteiger partial charge in [0.25, 0.3) is 0 Å². The van der Waals surface area contributed by atoms with E-state index in [1.165, 1.54) is 0 Å². The van der Waals surface area contributed by atoms with Gasteiger partial charge in [-0.15, -0.1) is 5.10 Å². The predicted molar refractivity (Wildman–Crippen MR) is 115 cm³/mol. The van der Waals surface area contributed by atoms with Crippen molar-refractivity contribution in [3.8, 4) is 34.4 Å². The van der Waals surface area contributed by atoms with Crippen molar-refractivity contribution in [2.24, 2.45) is 5.73 Å². The number of carbonyl (C=O) groups is 1. The third kappa shape index (κ3) is 3.08. The largest absolute Gasteiger partial charge is 0.493 e. The topological polar surface area (TPSA) is 123 Å². The maximum atomic E-state index is 12.4. The fraction of sp³-hybridized carbons (Fsp3) is 0.227. The first kappa shape index (κ1) is 19.7. The lowest BCUT2D eigenvalue weighted by Gasteiger charge is -2.27. The Kier molecular flexibility index (Phi) is 4.62. The fourth-order valence-electron chi connectivity index (χ4n) is 3.96. The molecule has 0 saturated carbocycles. The number of ether oxygens (including phenoxy) is 4. The molecule has 2 aromatic carbocycles. The smallest absolute Gasteiger partial charge is 0.248 e. The van der Waals surface area contributed by atoms with Crippen molar-refractivity contribution >= 4 is 11.9 Å². The Morgan fingerprint density at radius 3 is 2.66 bits per heavy atom. The first-order valence-electron chi connectivity index (χ1n) is 9.86. The summed E-state index contributed by atoms with van der Waals surface area (Å²) in [7, 11) is 3.14. The van der Waals surface area contributed by atoms with Gasteiger partial charge in [-0.25, -0.2) is 4.68 Å². The number of nitrogens with two attached hydrogens (primary N) is 1. The van der Waals surface area contributed by atoms with Crippen molar-refractivity contribution in [3.63, 3.8) is 0 Å². The van der Waals surface area contributed by atoms with Crippen LogP contribution < -0.4 is 30.0 Å². The molecule has 0 bridgehead atoms. The van der Waals surface area contributed by atoms with Gasteiger partial charge < -0.3 is 30.0 Å². The molecule has 0 fully saturated rings. The number of allylic oxidation sites excluding steroid dienone is 1. The van der Waals surface area contributed by atoms with Crippen LogP contribution in [0.1, 0.15) is 18.5 Å². The van der Waals surface area contributed by atoms with Crippen LogP contribution in [0.2, 0.25) is 0 Å². The molecule has 10 nitrogen and oxygen atoms in total. The van der Waals surface area contributed by atoms with Crippen LogP contribution in [-0.2, 0) is 4.79 Å². The predicted octanol–water partition coefficient (Wildman–Crippen LogP) is 2.47. The van der Waals surface area contributed by atoms with Crippen LogP contribution in [0.4, 0.5) is 5.95 Å². The number of fused-ring (bicyclic) bond motifs is 2. The second-order valence-corrected chi connectivity index (χ2v) is 7.32. The Morgan fingerprint density at radius 2 is 1.91 bits per heavy atom. The number of benzene rings is 2. The summed E-state index contributed by atoms with van der Waals surface area (Å²) in [6, 6.07) is 10.3. The highest BCUT2D eigenvalue weighted by atomic mass is 16.7. The highest BCUT2D eigenvalue weighted by Gasteiger charge is 2.34. The minimum absolute atomic E-state index is 0.153. The van der Waals surface area contributed by atoms with Gasteiger partial charge in [0.1, 0.15) is 6.04 Å². The number of nitrogens with zero attached hydrogens (tertiary/aromatic N) is 3. The van der Waals surface area contributed by atoms with E-state index >= 15 is 0 Å². The quantitative estimate of drug-likeness (QED) is 0.627. The molecule has 1 amide bonds. The Balaban J connectivity index is 1.63. The zero-order valence-corrected chi connectivity index (χ0v) is 17.7. The van der Waals surface area contributed by atoms with E-state index in [0.717, 1.165) is 11.1 Å². The van der Waals surface area contributed by atoms with E-state index in [1.54, 1.807) is 44.0 Å². The van der Waals surface area contributed by atoms with Gasteiger partial charge in [-0.2, -0.15) is 4.98 Å². The number of hydrogen-bond donors (Lipinski definition) is 2. The van der Waals surface area contributed by atoms with Crippen LogP contribution in [0, 0.1) is 0 Å². The van der Waals surface area contributed by atoms with Crippen molar-refractivity contribution in [1.82, 2.24) is 14.8 Å². The number of amides is 1. The van der Waals surface area contributed by atoms with Gasteiger partial charge in [0.15, 0.2) is 28.8 Å². The second-order valence-electron chi connectivity index (χ2n) is 7.32. The zero-order chi connectivity index (χ0) is 22.4. The van der Waals surface area contributed by atoms with Gasteiger partial charge in [0.05, 0.1) is 19.8 Å². The SMILES string of the molecule is COc1ccc(-c2nc3n(n2)C(c2ccc4c(c2)OCO4)C(C(N)=O)=C(C)N3)cc1OC.